The van der Waals surface area contributed by atoms with Crippen LogP contribution in [0.2, 0.25) is 0 Å². The van der Waals surface area contributed by atoms with Gasteiger partial charge < -0.3 is 15.4 Å². The molecule has 20 heavy (non-hydrogen) atoms. The largest absolute Gasteiger partial charge is 0.385 e. The van der Waals surface area contributed by atoms with E-state index < -0.39 is 6.04 Å². The number of nitrogens with zero attached hydrogens (tertiary/aromatic N) is 1. The van der Waals surface area contributed by atoms with E-state index in [4.69, 9.17) is 10.5 Å². The first-order valence-electron chi connectivity index (χ1n) is 7.29. The predicted octanol–water partition coefficient (Wildman–Crippen LogP) is 2.03. The van der Waals surface area contributed by atoms with E-state index in [2.05, 4.69) is 25.1 Å². The lowest BCUT2D eigenvalue weighted by molar-refractivity contribution is -0.120. The maximum absolute atomic E-state index is 12.6. The number of rotatable bonds is 5. The Labute approximate surface area is 120 Å². The van der Waals surface area contributed by atoms with Gasteiger partial charge in [-0.2, -0.15) is 0 Å². The van der Waals surface area contributed by atoms with Crippen molar-refractivity contribution in [2.75, 3.05) is 25.2 Å². The van der Waals surface area contributed by atoms with Gasteiger partial charge >= 0.3 is 0 Å². The van der Waals surface area contributed by atoms with E-state index in [1.54, 1.807) is 7.11 Å². The Kier molecular flexibility index (Phi) is 5.15. The molecule has 110 valence electrons. The van der Waals surface area contributed by atoms with Gasteiger partial charge in [-0.25, -0.2) is 0 Å². The standard InChI is InChI=1S/C16H24N2O2/c1-12-6-3-7-13-8-4-10-18(15(12)13)16(19)14(17)9-5-11-20-2/h3,6-7,14H,4-5,8-11,17H2,1-2H3. The van der Waals surface area contributed by atoms with Crippen molar-refractivity contribution in [2.24, 2.45) is 5.73 Å². The topological polar surface area (TPSA) is 55.6 Å². The summed E-state index contributed by atoms with van der Waals surface area (Å²) in [6, 6.07) is 5.79. The minimum atomic E-state index is -0.435. The van der Waals surface area contributed by atoms with E-state index in [0.717, 1.165) is 37.1 Å². The molecule has 0 spiro atoms. The van der Waals surface area contributed by atoms with Gasteiger partial charge in [0.15, 0.2) is 0 Å². The van der Waals surface area contributed by atoms with Crippen LogP contribution < -0.4 is 10.6 Å². The highest BCUT2D eigenvalue weighted by molar-refractivity contribution is 5.98. The number of carbonyl (C=O) groups is 1. The van der Waals surface area contributed by atoms with Crippen LogP contribution in [0.15, 0.2) is 18.2 Å². The number of carbonyl (C=O) groups excluding carboxylic acids is 1. The molecule has 1 atom stereocenters. The number of anilines is 1. The Bertz CT molecular complexity index is 474. The molecule has 1 amide bonds. The van der Waals surface area contributed by atoms with Crippen LogP contribution in [0, 0.1) is 6.92 Å². The number of nitrogens with two attached hydrogens (primary N) is 1. The Balaban J connectivity index is 2.12. The lowest BCUT2D eigenvalue weighted by Gasteiger charge is -2.32. The number of aryl methyl sites for hydroxylation is 2. The molecule has 2 N–H and O–H groups in total. The van der Waals surface area contributed by atoms with Gasteiger partial charge in [0.25, 0.3) is 0 Å². The summed E-state index contributed by atoms with van der Waals surface area (Å²) in [5.74, 6) is 0.0383. The first kappa shape index (κ1) is 15.0. The average molecular weight is 276 g/mol. The lowest BCUT2D eigenvalue weighted by Crippen LogP contribution is -2.46. The highest BCUT2D eigenvalue weighted by Gasteiger charge is 2.27. The zero-order valence-electron chi connectivity index (χ0n) is 12.4. The van der Waals surface area contributed by atoms with Crippen LogP contribution in [0.3, 0.4) is 0 Å². The summed E-state index contributed by atoms with van der Waals surface area (Å²) in [4.78, 5) is 14.4. The Morgan fingerprint density at radius 1 is 1.50 bits per heavy atom. The van der Waals surface area contributed by atoms with Crippen LogP contribution in [-0.4, -0.2) is 32.2 Å². The number of amides is 1. The molecule has 1 aromatic carbocycles. The Morgan fingerprint density at radius 3 is 3.05 bits per heavy atom. The number of hydrogen-bond donors (Lipinski definition) is 1. The summed E-state index contributed by atoms with van der Waals surface area (Å²) in [6.07, 6.45) is 3.54. The summed E-state index contributed by atoms with van der Waals surface area (Å²) >= 11 is 0. The molecule has 4 nitrogen and oxygen atoms in total. The van der Waals surface area contributed by atoms with Crippen LogP contribution in [0.1, 0.15) is 30.4 Å². The monoisotopic (exact) mass is 276 g/mol. The molecular formula is C16H24N2O2. The van der Waals surface area contributed by atoms with Crippen LogP contribution >= 0.6 is 0 Å². The van der Waals surface area contributed by atoms with Crippen molar-refractivity contribution in [1.82, 2.24) is 0 Å². The maximum atomic E-state index is 12.6. The SMILES string of the molecule is COCCCC(N)C(=O)N1CCCc2cccc(C)c21. The summed E-state index contributed by atoms with van der Waals surface area (Å²) in [6.45, 7) is 3.48. The first-order chi connectivity index (χ1) is 9.65. The van der Waals surface area contributed by atoms with Crippen molar-refractivity contribution in [3.63, 3.8) is 0 Å². The minimum Gasteiger partial charge on any atom is -0.385 e. The number of benzene rings is 1. The van der Waals surface area contributed by atoms with Gasteiger partial charge in [0, 0.05) is 25.9 Å². The second kappa shape index (κ2) is 6.86. The van der Waals surface area contributed by atoms with E-state index in [1.807, 2.05) is 4.90 Å². The molecule has 4 heteroatoms. The number of hydrogen-bond acceptors (Lipinski definition) is 3. The molecule has 0 aliphatic carbocycles. The third-order valence-electron chi connectivity index (χ3n) is 3.87. The van der Waals surface area contributed by atoms with Gasteiger partial charge in [-0.05, 0) is 43.7 Å². The minimum absolute atomic E-state index is 0.0383. The predicted molar refractivity (Wildman–Crippen MR) is 80.9 cm³/mol. The zero-order chi connectivity index (χ0) is 14.5. The molecule has 0 bridgehead atoms. The molecule has 0 saturated heterocycles. The Morgan fingerprint density at radius 2 is 2.30 bits per heavy atom. The molecule has 1 aliphatic rings. The number of para-hydroxylation sites is 1. The van der Waals surface area contributed by atoms with Gasteiger partial charge in [0.05, 0.1) is 6.04 Å². The van der Waals surface area contributed by atoms with Crippen LogP contribution in [0.25, 0.3) is 0 Å². The molecule has 0 saturated carbocycles. The quantitative estimate of drug-likeness (QED) is 0.837. The summed E-state index contributed by atoms with van der Waals surface area (Å²) < 4.78 is 5.01. The summed E-state index contributed by atoms with van der Waals surface area (Å²) in [5.41, 5.74) is 9.53. The number of ether oxygens (including phenoxy) is 1. The molecule has 2 rings (SSSR count). The molecule has 0 fully saturated rings. The summed E-state index contributed by atoms with van der Waals surface area (Å²) in [7, 11) is 1.66. The van der Waals surface area contributed by atoms with Crippen LogP contribution in [0.4, 0.5) is 5.69 Å². The number of methoxy groups -OCH3 is 1. The van der Waals surface area contributed by atoms with Gasteiger partial charge in [-0.3, -0.25) is 4.79 Å². The fraction of sp³-hybridized carbons (Fsp3) is 0.562. The van der Waals surface area contributed by atoms with Crippen molar-refractivity contribution in [2.45, 2.75) is 38.6 Å². The molecule has 0 aromatic heterocycles. The highest BCUT2D eigenvalue weighted by Crippen LogP contribution is 2.31. The second-order valence-electron chi connectivity index (χ2n) is 5.42. The molecule has 1 heterocycles. The molecular weight excluding hydrogens is 252 g/mol. The van der Waals surface area contributed by atoms with Gasteiger partial charge in [-0.15, -0.1) is 0 Å². The third-order valence-corrected chi connectivity index (χ3v) is 3.87. The molecule has 1 aromatic rings. The van der Waals surface area contributed by atoms with Crippen molar-refractivity contribution in [3.05, 3.63) is 29.3 Å². The van der Waals surface area contributed by atoms with Crippen LogP contribution in [-0.2, 0) is 16.0 Å². The lowest BCUT2D eigenvalue weighted by atomic mass is 9.97. The average Bonchev–Trinajstić information content (AvgIpc) is 2.46. The van der Waals surface area contributed by atoms with E-state index in [1.165, 1.54) is 5.56 Å². The second-order valence-corrected chi connectivity index (χ2v) is 5.42. The van der Waals surface area contributed by atoms with Crippen molar-refractivity contribution in [3.8, 4) is 0 Å². The normalized spacial score (nSPS) is 15.8. The van der Waals surface area contributed by atoms with E-state index in [0.29, 0.717) is 13.0 Å². The van der Waals surface area contributed by atoms with Gasteiger partial charge in [-0.1, -0.05) is 18.2 Å². The number of fused-ring (bicyclic) bond motifs is 1. The first-order valence-corrected chi connectivity index (χ1v) is 7.29. The van der Waals surface area contributed by atoms with Crippen molar-refractivity contribution < 1.29 is 9.53 Å². The van der Waals surface area contributed by atoms with Gasteiger partial charge in [0.1, 0.15) is 0 Å². The van der Waals surface area contributed by atoms with Crippen molar-refractivity contribution >= 4 is 11.6 Å². The molecule has 0 radical (unpaired) electrons. The zero-order valence-corrected chi connectivity index (χ0v) is 12.4. The van der Waals surface area contributed by atoms with Gasteiger partial charge in [0.2, 0.25) is 5.91 Å². The Hall–Kier alpha value is -1.39. The fourth-order valence-corrected chi connectivity index (χ4v) is 2.84. The molecule has 1 aliphatic heterocycles. The maximum Gasteiger partial charge on any atom is 0.243 e. The van der Waals surface area contributed by atoms with Crippen LogP contribution in [0.5, 0.6) is 0 Å². The fourth-order valence-electron chi connectivity index (χ4n) is 2.84. The highest BCUT2D eigenvalue weighted by atomic mass is 16.5. The van der Waals surface area contributed by atoms with E-state index >= 15 is 0 Å². The summed E-state index contributed by atoms with van der Waals surface area (Å²) in [5, 5.41) is 0. The van der Waals surface area contributed by atoms with Crippen molar-refractivity contribution in [1.29, 1.82) is 0 Å². The third kappa shape index (κ3) is 3.19. The smallest absolute Gasteiger partial charge is 0.243 e. The van der Waals surface area contributed by atoms with E-state index in [9.17, 15) is 4.79 Å². The van der Waals surface area contributed by atoms with E-state index in [-0.39, 0.29) is 5.91 Å². The molecule has 1 unspecified atom stereocenters.